The van der Waals surface area contributed by atoms with E-state index in [0.717, 1.165) is 11.3 Å². The first-order valence-corrected chi connectivity index (χ1v) is 9.97. The van der Waals surface area contributed by atoms with Crippen LogP contribution >= 0.6 is 0 Å². The molecular formula is C23H23O2S+. The van der Waals surface area contributed by atoms with Crippen LogP contribution in [0.15, 0.2) is 82.6 Å². The molecule has 0 heterocycles. The predicted molar refractivity (Wildman–Crippen MR) is 108 cm³/mol. The number of ketones is 1. The molecular weight excluding hydrogens is 340 g/mol. The molecule has 0 saturated carbocycles. The monoisotopic (exact) mass is 363 g/mol. The van der Waals surface area contributed by atoms with Gasteiger partial charge in [0.2, 0.25) is 5.78 Å². The minimum atomic E-state index is -0.286. The van der Waals surface area contributed by atoms with Gasteiger partial charge in [-0.15, -0.1) is 0 Å². The van der Waals surface area contributed by atoms with Crippen molar-refractivity contribution in [2.24, 2.45) is 0 Å². The summed E-state index contributed by atoms with van der Waals surface area (Å²) in [5, 5.41) is 0. The van der Waals surface area contributed by atoms with Crippen LogP contribution in [-0.4, -0.2) is 18.6 Å². The van der Waals surface area contributed by atoms with Gasteiger partial charge in [0.05, 0.1) is 18.0 Å². The Balaban J connectivity index is 1.90. The summed E-state index contributed by atoms with van der Waals surface area (Å²) in [6, 6.07) is 24.4. The van der Waals surface area contributed by atoms with Crippen molar-refractivity contribution in [3.63, 3.8) is 0 Å². The molecule has 26 heavy (non-hydrogen) atoms. The second-order valence-corrected chi connectivity index (χ2v) is 8.33. The molecule has 0 aliphatic rings. The quantitative estimate of drug-likeness (QED) is 0.443. The van der Waals surface area contributed by atoms with Gasteiger partial charge in [-0.2, -0.15) is 0 Å². The second kappa shape index (κ2) is 8.24. The van der Waals surface area contributed by atoms with Crippen LogP contribution in [0.5, 0.6) is 5.75 Å². The third-order valence-corrected chi connectivity index (χ3v) is 6.53. The summed E-state index contributed by atoms with van der Waals surface area (Å²) in [5.74, 6) is 1.38. The maximum Gasteiger partial charge on any atom is 0.212 e. The summed E-state index contributed by atoms with van der Waals surface area (Å²) >= 11 is 0. The van der Waals surface area contributed by atoms with Gasteiger partial charge in [-0.25, -0.2) is 0 Å². The van der Waals surface area contributed by atoms with Gasteiger partial charge in [0.15, 0.2) is 15.5 Å². The van der Waals surface area contributed by atoms with Crippen LogP contribution in [0.2, 0.25) is 0 Å². The fourth-order valence-corrected chi connectivity index (χ4v) is 4.66. The van der Waals surface area contributed by atoms with Crippen LogP contribution in [0, 0.1) is 13.8 Å². The molecule has 3 aromatic carbocycles. The molecule has 0 atom stereocenters. The largest absolute Gasteiger partial charge is 0.497 e. The summed E-state index contributed by atoms with van der Waals surface area (Å²) in [6.45, 7) is 4.16. The molecule has 0 bridgehead atoms. The SMILES string of the molecule is COc1ccc(C(=O)C[S+](c2ccc(C)cc2)c2ccc(C)cc2)cc1. The van der Waals surface area contributed by atoms with E-state index < -0.39 is 0 Å². The molecule has 0 aromatic heterocycles. The highest BCUT2D eigenvalue weighted by molar-refractivity contribution is 7.97. The molecule has 0 radical (unpaired) electrons. The van der Waals surface area contributed by atoms with Crippen LogP contribution < -0.4 is 4.74 Å². The Morgan fingerprint density at radius 1 is 0.769 bits per heavy atom. The number of ether oxygens (including phenoxy) is 1. The lowest BCUT2D eigenvalue weighted by Gasteiger charge is -2.09. The zero-order valence-corrected chi connectivity index (χ0v) is 16.2. The van der Waals surface area contributed by atoms with Crippen molar-refractivity contribution in [3.8, 4) is 5.75 Å². The fourth-order valence-electron chi connectivity index (χ4n) is 2.70. The van der Waals surface area contributed by atoms with Gasteiger partial charge in [0.1, 0.15) is 5.75 Å². The molecule has 0 N–H and O–H groups in total. The maximum atomic E-state index is 12.9. The topological polar surface area (TPSA) is 26.3 Å². The smallest absolute Gasteiger partial charge is 0.212 e. The Hall–Kier alpha value is -2.52. The zero-order valence-electron chi connectivity index (χ0n) is 15.4. The van der Waals surface area contributed by atoms with Crippen LogP contribution in [0.25, 0.3) is 0 Å². The molecule has 132 valence electrons. The Morgan fingerprint density at radius 2 is 1.23 bits per heavy atom. The molecule has 0 spiro atoms. The first kappa shape index (κ1) is 18.3. The van der Waals surface area contributed by atoms with Crippen molar-refractivity contribution in [1.82, 2.24) is 0 Å². The number of benzene rings is 3. The number of methoxy groups -OCH3 is 1. The standard InChI is InChI=1S/C23H23O2S/c1-17-4-12-21(13-5-17)26(22-14-6-18(2)7-15-22)16-23(24)19-8-10-20(25-3)11-9-19/h4-15H,16H2,1-3H3/q+1. The highest BCUT2D eigenvalue weighted by Gasteiger charge is 2.29. The van der Waals surface area contributed by atoms with Crippen LogP contribution in [0.1, 0.15) is 21.5 Å². The van der Waals surface area contributed by atoms with Crippen molar-refractivity contribution in [1.29, 1.82) is 0 Å². The van der Waals surface area contributed by atoms with Crippen molar-refractivity contribution in [3.05, 3.63) is 89.5 Å². The number of carbonyl (C=O) groups is 1. The van der Waals surface area contributed by atoms with Gasteiger partial charge in [-0.1, -0.05) is 35.4 Å². The average molecular weight is 364 g/mol. The predicted octanol–water partition coefficient (Wildman–Crippen LogP) is 5.23. The van der Waals surface area contributed by atoms with Crippen LogP contribution in [-0.2, 0) is 10.9 Å². The molecule has 2 nitrogen and oxygen atoms in total. The molecule has 0 aliphatic carbocycles. The summed E-state index contributed by atoms with van der Waals surface area (Å²) < 4.78 is 5.18. The van der Waals surface area contributed by atoms with Gasteiger partial charge in [0.25, 0.3) is 0 Å². The van der Waals surface area contributed by atoms with E-state index in [9.17, 15) is 4.79 Å². The van der Waals surface area contributed by atoms with Crippen LogP contribution in [0.3, 0.4) is 0 Å². The molecule has 3 aromatic rings. The number of rotatable bonds is 6. The Bertz CT molecular complexity index is 820. The van der Waals surface area contributed by atoms with Gasteiger partial charge in [-0.3, -0.25) is 4.79 Å². The number of Topliss-reactive ketones (excluding diaryl/α,β-unsaturated/α-hetero) is 1. The number of hydrogen-bond donors (Lipinski definition) is 0. The minimum Gasteiger partial charge on any atom is -0.497 e. The van der Waals surface area contributed by atoms with E-state index >= 15 is 0 Å². The van der Waals surface area contributed by atoms with E-state index in [-0.39, 0.29) is 16.7 Å². The average Bonchev–Trinajstić information content (AvgIpc) is 2.67. The van der Waals surface area contributed by atoms with E-state index in [1.165, 1.54) is 20.9 Å². The molecule has 0 amide bonds. The molecule has 3 heteroatoms. The first-order chi connectivity index (χ1) is 12.6. The van der Waals surface area contributed by atoms with E-state index in [1.807, 2.05) is 24.3 Å². The summed E-state index contributed by atoms with van der Waals surface area (Å²) in [7, 11) is 1.34. The molecule has 3 rings (SSSR count). The third kappa shape index (κ3) is 4.36. The van der Waals surface area contributed by atoms with Gasteiger partial charge in [-0.05, 0) is 62.4 Å². The van der Waals surface area contributed by atoms with Crippen molar-refractivity contribution >= 4 is 16.7 Å². The van der Waals surface area contributed by atoms with E-state index in [1.54, 1.807) is 7.11 Å². The first-order valence-electron chi connectivity index (χ1n) is 8.58. The van der Waals surface area contributed by atoms with E-state index in [2.05, 4.69) is 62.4 Å². The number of carbonyl (C=O) groups excluding carboxylic acids is 1. The minimum absolute atomic E-state index is 0.150. The fraction of sp³-hybridized carbons (Fsp3) is 0.174. The van der Waals surface area contributed by atoms with Crippen molar-refractivity contribution < 1.29 is 9.53 Å². The lowest BCUT2D eigenvalue weighted by atomic mass is 10.1. The summed E-state index contributed by atoms with van der Waals surface area (Å²) in [6.07, 6.45) is 0. The summed E-state index contributed by atoms with van der Waals surface area (Å²) in [5.41, 5.74) is 3.17. The van der Waals surface area contributed by atoms with Crippen molar-refractivity contribution in [2.45, 2.75) is 23.6 Å². The lowest BCUT2D eigenvalue weighted by molar-refractivity contribution is 0.102. The third-order valence-electron chi connectivity index (χ3n) is 4.30. The van der Waals surface area contributed by atoms with Crippen LogP contribution in [0.4, 0.5) is 0 Å². The normalized spacial score (nSPS) is 10.8. The number of aryl methyl sites for hydroxylation is 2. The van der Waals surface area contributed by atoms with Gasteiger partial charge < -0.3 is 4.74 Å². The van der Waals surface area contributed by atoms with Gasteiger partial charge in [0, 0.05) is 5.56 Å². The summed E-state index contributed by atoms with van der Waals surface area (Å²) in [4.78, 5) is 15.3. The Morgan fingerprint density at radius 3 is 1.65 bits per heavy atom. The molecule has 0 unspecified atom stereocenters. The van der Waals surface area contributed by atoms with Gasteiger partial charge >= 0.3 is 0 Å². The molecule has 0 aliphatic heterocycles. The second-order valence-electron chi connectivity index (χ2n) is 6.31. The number of hydrogen-bond acceptors (Lipinski definition) is 2. The van der Waals surface area contributed by atoms with Crippen molar-refractivity contribution in [2.75, 3.05) is 12.9 Å². The highest BCUT2D eigenvalue weighted by atomic mass is 32.2. The molecule has 0 saturated heterocycles. The maximum absolute atomic E-state index is 12.9. The Labute approximate surface area is 158 Å². The van der Waals surface area contributed by atoms with E-state index in [4.69, 9.17) is 4.74 Å². The van der Waals surface area contributed by atoms with E-state index in [0.29, 0.717) is 5.75 Å². The Kier molecular flexibility index (Phi) is 5.79. The highest BCUT2D eigenvalue weighted by Crippen LogP contribution is 2.26. The lowest BCUT2D eigenvalue weighted by Crippen LogP contribution is -2.17. The molecule has 0 fully saturated rings. The zero-order chi connectivity index (χ0) is 18.5.